The van der Waals surface area contributed by atoms with Crippen LogP contribution in [0.5, 0.6) is 0 Å². The highest BCUT2D eigenvalue weighted by atomic mass is 32.1. The second-order valence-corrected chi connectivity index (χ2v) is 8.54. The van der Waals surface area contributed by atoms with Crippen LogP contribution < -0.4 is 27.0 Å². The van der Waals surface area contributed by atoms with E-state index in [0.29, 0.717) is 18.5 Å². The maximum atomic E-state index is 8.16. The lowest BCUT2D eigenvalue weighted by Gasteiger charge is -2.20. The van der Waals surface area contributed by atoms with Crippen molar-refractivity contribution in [1.29, 1.82) is 10.8 Å². The van der Waals surface area contributed by atoms with Gasteiger partial charge in [-0.3, -0.25) is 31.4 Å². The van der Waals surface area contributed by atoms with Crippen LogP contribution in [0.25, 0.3) is 0 Å². The van der Waals surface area contributed by atoms with Gasteiger partial charge >= 0.3 is 0 Å². The van der Waals surface area contributed by atoms with Gasteiger partial charge in [0.1, 0.15) is 0 Å². The first-order valence-electron chi connectivity index (χ1n) is 9.63. The summed E-state index contributed by atoms with van der Waals surface area (Å²) in [5.74, 6) is 1.11. The number of aliphatic imine (C=N–C) groups is 2. The fraction of sp³-hybridized carbons (Fsp3) is 0.368. The van der Waals surface area contributed by atoms with Crippen molar-refractivity contribution in [1.82, 2.24) is 20.9 Å². The normalized spacial score (nSPS) is 11.7. The standard InChI is InChI=1S/C19H30N10S2/c1-23-18(25-8-6-14-5-4-10-30-14)28-17(22)26-13-11-15(31-12-13)7-9-29(3)19(24-2)27-16(20)21/h4-5,10-12H,6-9H2,1-3H3,(H4,20,21,24,27)(H4,22,23,25,26,28). The molecule has 0 aliphatic carbocycles. The van der Waals surface area contributed by atoms with Gasteiger partial charge in [-0.05, 0) is 30.4 Å². The predicted octanol–water partition coefficient (Wildman–Crippen LogP) is 1.51. The summed E-state index contributed by atoms with van der Waals surface area (Å²) in [6.45, 7) is 1.45. The summed E-state index contributed by atoms with van der Waals surface area (Å²) in [7, 11) is 5.22. The van der Waals surface area contributed by atoms with Crippen molar-refractivity contribution in [2.24, 2.45) is 15.7 Å². The number of hydrogen-bond donors (Lipinski definition) is 7. The second kappa shape index (κ2) is 12.5. The molecule has 0 atom stereocenters. The van der Waals surface area contributed by atoms with Crippen LogP contribution in [-0.4, -0.2) is 63.0 Å². The van der Waals surface area contributed by atoms with E-state index in [4.69, 9.17) is 16.6 Å². The summed E-state index contributed by atoms with van der Waals surface area (Å²) in [4.78, 5) is 12.6. The highest BCUT2D eigenvalue weighted by molar-refractivity contribution is 7.10. The number of nitrogens with zero attached hydrogens (tertiary/aromatic N) is 3. The molecule has 0 aliphatic heterocycles. The summed E-state index contributed by atoms with van der Waals surface area (Å²) >= 11 is 3.35. The van der Waals surface area contributed by atoms with Gasteiger partial charge < -0.3 is 21.3 Å². The molecule has 0 aromatic carbocycles. The summed E-state index contributed by atoms with van der Waals surface area (Å²) in [5.41, 5.74) is 6.22. The average Bonchev–Trinajstić information content (AvgIpc) is 3.41. The highest BCUT2D eigenvalue weighted by Crippen LogP contribution is 2.19. The zero-order valence-electron chi connectivity index (χ0n) is 18.0. The maximum absolute atomic E-state index is 8.16. The third-order valence-electron chi connectivity index (χ3n) is 4.15. The second-order valence-electron chi connectivity index (χ2n) is 6.51. The van der Waals surface area contributed by atoms with Crippen LogP contribution >= 0.6 is 22.7 Å². The molecule has 0 saturated carbocycles. The van der Waals surface area contributed by atoms with E-state index in [-0.39, 0.29) is 11.9 Å². The molecule has 0 aliphatic rings. The fourth-order valence-corrected chi connectivity index (χ4v) is 4.15. The van der Waals surface area contributed by atoms with Crippen LogP contribution in [-0.2, 0) is 12.8 Å². The van der Waals surface area contributed by atoms with Gasteiger partial charge in [0.05, 0.1) is 5.69 Å². The number of thiophene rings is 2. The Hall–Kier alpha value is -3.12. The number of anilines is 1. The number of likely N-dealkylation sites (N-methyl/N-ethyl adjacent to an activating group) is 1. The Morgan fingerprint density at radius 3 is 2.58 bits per heavy atom. The Balaban J connectivity index is 1.76. The molecule has 0 amide bonds. The van der Waals surface area contributed by atoms with E-state index in [2.05, 4.69) is 42.7 Å². The summed E-state index contributed by atoms with van der Waals surface area (Å²) in [5, 5.41) is 31.5. The summed E-state index contributed by atoms with van der Waals surface area (Å²) in [6.07, 6.45) is 1.71. The van der Waals surface area contributed by atoms with E-state index in [1.165, 1.54) is 9.75 Å². The van der Waals surface area contributed by atoms with Crippen molar-refractivity contribution < 1.29 is 0 Å². The number of rotatable bonds is 7. The molecule has 2 heterocycles. The van der Waals surface area contributed by atoms with Crippen molar-refractivity contribution in [3.8, 4) is 0 Å². The van der Waals surface area contributed by atoms with E-state index in [1.54, 1.807) is 36.8 Å². The van der Waals surface area contributed by atoms with Crippen molar-refractivity contribution >= 4 is 52.2 Å². The number of nitrogens with two attached hydrogens (primary N) is 1. The van der Waals surface area contributed by atoms with Crippen LogP contribution in [0.4, 0.5) is 5.69 Å². The third kappa shape index (κ3) is 8.64. The van der Waals surface area contributed by atoms with Crippen molar-refractivity contribution in [3.63, 3.8) is 0 Å². The molecule has 10 nitrogen and oxygen atoms in total. The lowest BCUT2D eigenvalue weighted by Crippen LogP contribution is -2.45. The Labute approximate surface area is 190 Å². The quantitative estimate of drug-likeness (QED) is 0.245. The first-order chi connectivity index (χ1) is 14.9. The van der Waals surface area contributed by atoms with E-state index in [1.807, 2.05) is 29.5 Å². The zero-order chi connectivity index (χ0) is 22.6. The molecule has 0 unspecified atom stereocenters. The molecule has 0 radical (unpaired) electrons. The summed E-state index contributed by atoms with van der Waals surface area (Å²) in [6, 6.07) is 6.16. The Kier molecular flexibility index (Phi) is 9.78. The third-order valence-corrected chi connectivity index (χ3v) is 6.08. The van der Waals surface area contributed by atoms with Crippen LogP contribution in [0, 0.1) is 10.8 Å². The van der Waals surface area contributed by atoms with E-state index >= 15 is 0 Å². The first kappa shape index (κ1) is 24.2. The largest absolute Gasteiger partial charge is 0.370 e. The zero-order valence-corrected chi connectivity index (χ0v) is 19.6. The van der Waals surface area contributed by atoms with Gasteiger partial charge in [-0.15, -0.1) is 22.7 Å². The van der Waals surface area contributed by atoms with Crippen LogP contribution in [0.3, 0.4) is 0 Å². The predicted molar refractivity (Wildman–Crippen MR) is 133 cm³/mol. The highest BCUT2D eigenvalue weighted by Gasteiger charge is 2.09. The van der Waals surface area contributed by atoms with Gasteiger partial charge in [-0.1, -0.05) is 6.07 Å². The molecular formula is C19H30N10S2. The molecular weight excluding hydrogens is 432 g/mol. The Morgan fingerprint density at radius 2 is 1.94 bits per heavy atom. The smallest absolute Gasteiger partial charge is 0.200 e. The van der Waals surface area contributed by atoms with E-state index in [0.717, 1.165) is 25.1 Å². The van der Waals surface area contributed by atoms with Crippen molar-refractivity contribution in [3.05, 3.63) is 38.7 Å². The fourth-order valence-electron chi connectivity index (χ4n) is 2.64. The summed E-state index contributed by atoms with van der Waals surface area (Å²) < 4.78 is 0. The lowest BCUT2D eigenvalue weighted by atomic mass is 10.3. The SMILES string of the molecule is C/N=C(/NCCc1cccs1)NC(=N)Nc1csc(CCN(C)/C(=N/C)NC(=N)N)c1. The Bertz CT molecular complexity index is 901. The van der Waals surface area contributed by atoms with E-state index in [9.17, 15) is 0 Å². The topological polar surface area (TPSA) is 150 Å². The minimum Gasteiger partial charge on any atom is -0.370 e. The van der Waals surface area contributed by atoms with Gasteiger partial charge in [-0.25, -0.2) is 0 Å². The number of nitrogens with one attached hydrogen (secondary N) is 6. The van der Waals surface area contributed by atoms with Crippen LogP contribution in [0.2, 0.25) is 0 Å². The molecule has 2 aromatic heterocycles. The van der Waals surface area contributed by atoms with Gasteiger partial charge in [0.25, 0.3) is 0 Å². The average molecular weight is 463 g/mol. The molecule has 2 rings (SSSR count). The first-order valence-corrected chi connectivity index (χ1v) is 11.4. The van der Waals surface area contributed by atoms with Gasteiger partial charge in [0, 0.05) is 49.4 Å². The van der Waals surface area contributed by atoms with Crippen molar-refractivity contribution in [2.45, 2.75) is 12.8 Å². The maximum Gasteiger partial charge on any atom is 0.200 e. The molecule has 0 bridgehead atoms. The molecule has 168 valence electrons. The molecule has 31 heavy (non-hydrogen) atoms. The number of guanidine groups is 4. The lowest BCUT2D eigenvalue weighted by molar-refractivity contribution is 0.497. The van der Waals surface area contributed by atoms with Gasteiger partial charge in [0.2, 0.25) is 0 Å². The minimum atomic E-state index is -0.142. The van der Waals surface area contributed by atoms with Crippen LogP contribution in [0.15, 0.2) is 38.9 Å². The van der Waals surface area contributed by atoms with Gasteiger partial charge in [-0.2, -0.15) is 0 Å². The number of hydrogen-bond acceptors (Lipinski definition) is 6. The molecule has 12 heteroatoms. The van der Waals surface area contributed by atoms with E-state index < -0.39 is 0 Å². The van der Waals surface area contributed by atoms with Gasteiger partial charge in [0.15, 0.2) is 23.8 Å². The molecule has 0 saturated heterocycles. The Morgan fingerprint density at radius 1 is 1.13 bits per heavy atom. The minimum absolute atomic E-state index is 0.142. The molecule has 8 N–H and O–H groups in total. The monoisotopic (exact) mass is 462 g/mol. The van der Waals surface area contributed by atoms with Crippen LogP contribution in [0.1, 0.15) is 9.75 Å². The molecule has 2 aromatic rings. The molecule has 0 spiro atoms. The molecule has 0 fully saturated rings. The van der Waals surface area contributed by atoms with Crippen molar-refractivity contribution in [2.75, 3.05) is 39.5 Å².